The van der Waals surface area contributed by atoms with Gasteiger partial charge in [-0.25, -0.2) is 4.98 Å². The fourth-order valence-electron chi connectivity index (χ4n) is 4.74. The number of hydrogen-bond acceptors (Lipinski definition) is 6. The molecule has 6 nitrogen and oxygen atoms in total. The molecule has 0 amide bonds. The molecule has 36 heavy (non-hydrogen) atoms. The van der Waals surface area contributed by atoms with Crippen LogP contribution >= 0.6 is 0 Å². The minimum absolute atomic E-state index is 0.181. The number of para-hydroxylation sites is 1. The van der Waals surface area contributed by atoms with Crippen molar-refractivity contribution in [2.24, 2.45) is 5.92 Å². The summed E-state index contributed by atoms with van der Waals surface area (Å²) in [5.41, 5.74) is 1.95. The largest absolute Gasteiger partial charge is 0.573 e. The van der Waals surface area contributed by atoms with Gasteiger partial charge in [0.1, 0.15) is 11.6 Å². The first kappa shape index (κ1) is 26.0. The second-order valence-electron chi connectivity index (χ2n) is 9.64. The summed E-state index contributed by atoms with van der Waals surface area (Å²) in [6.45, 7) is 1.87. The normalized spacial score (nSPS) is 18.2. The number of nitrogens with one attached hydrogen (secondary N) is 2. The van der Waals surface area contributed by atoms with Gasteiger partial charge in [0.2, 0.25) is 5.95 Å². The van der Waals surface area contributed by atoms with Gasteiger partial charge in [0.15, 0.2) is 0 Å². The summed E-state index contributed by atoms with van der Waals surface area (Å²) in [5.74, 6) is 2.08. The fourth-order valence-corrected chi connectivity index (χ4v) is 4.74. The van der Waals surface area contributed by atoms with Crippen LogP contribution in [-0.4, -0.2) is 49.6 Å². The van der Waals surface area contributed by atoms with Crippen molar-refractivity contribution in [3.8, 4) is 5.75 Å². The number of nitrogens with zero attached hydrogens (tertiary/aromatic N) is 3. The third kappa shape index (κ3) is 7.46. The Kier molecular flexibility index (Phi) is 8.51. The molecule has 1 heterocycles. The van der Waals surface area contributed by atoms with Gasteiger partial charge in [-0.05, 0) is 87.4 Å². The van der Waals surface area contributed by atoms with Crippen molar-refractivity contribution in [3.63, 3.8) is 0 Å². The van der Waals surface area contributed by atoms with Crippen LogP contribution in [0.2, 0.25) is 0 Å². The predicted octanol–water partition coefficient (Wildman–Crippen LogP) is 5.79. The number of hydrogen-bond donors (Lipinski definition) is 2. The summed E-state index contributed by atoms with van der Waals surface area (Å²) in [4.78, 5) is 11.5. The Hall–Kier alpha value is -3.07. The molecule has 0 bridgehead atoms. The summed E-state index contributed by atoms with van der Waals surface area (Å²) in [6, 6.07) is 14.6. The van der Waals surface area contributed by atoms with E-state index in [4.69, 9.17) is 9.97 Å². The van der Waals surface area contributed by atoms with Crippen molar-refractivity contribution >= 4 is 22.7 Å². The van der Waals surface area contributed by atoms with Crippen molar-refractivity contribution in [2.45, 2.75) is 50.9 Å². The molecule has 0 saturated heterocycles. The molecule has 0 aliphatic heterocycles. The van der Waals surface area contributed by atoms with E-state index in [-0.39, 0.29) is 5.75 Å². The van der Waals surface area contributed by atoms with Gasteiger partial charge in [-0.15, -0.1) is 13.2 Å². The summed E-state index contributed by atoms with van der Waals surface area (Å²) in [5, 5.41) is 8.16. The van der Waals surface area contributed by atoms with Crippen LogP contribution in [0.3, 0.4) is 0 Å². The van der Waals surface area contributed by atoms with Gasteiger partial charge >= 0.3 is 6.36 Å². The highest BCUT2D eigenvalue weighted by Crippen LogP contribution is 2.28. The van der Waals surface area contributed by atoms with Crippen LogP contribution in [0.25, 0.3) is 10.9 Å². The maximum Gasteiger partial charge on any atom is 0.573 e. The second-order valence-corrected chi connectivity index (χ2v) is 9.64. The van der Waals surface area contributed by atoms with Crippen LogP contribution in [0.1, 0.15) is 37.7 Å². The quantitative estimate of drug-likeness (QED) is 0.343. The average Bonchev–Trinajstić information content (AvgIpc) is 2.84. The number of aryl methyl sites for hydroxylation is 1. The summed E-state index contributed by atoms with van der Waals surface area (Å²) in [7, 11) is 4.00. The van der Waals surface area contributed by atoms with Gasteiger partial charge in [0.05, 0.1) is 5.52 Å². The zero-order valence-electron chi connectivity index (χ0n) is 20.8. The van der Waals surface area contributed by atoms with Gasteiger partial charge in [-0.2, -0.15) is 4.98 Å². The Bertz CT molecular complexity index is 1110. The number of halogens is 3. The standard InChI is InChI=1S/C27H34F3N5O/c1-35(2)25-23-7-3-4-8-24(23)33-26(34-25)32-21-13-9-20(10-14-21)18-31-17-5-6-19-11-15-22(16-12-19)36-27(28,29)30/h3-4,7-8,11-12,15-16,20-21,31H,5-6,9-10,13-14,17-18H2,1-2H3,(H,32,33,34). The monoisotopic (exact) mass is 501 g/mol. The zero-order valence-corrected chi connectivity index (χ0v) is 20.8. The van der Waals surface area contributed by atoms with E-state index in [1.54, 1.807) is 12.1 Å². The first-order chi connectivity index (χ1) is 17.3. The van der Waals surface area contributed by atoms with E-state index in [1.165, 1.54) is 12.1 Å². The number of rotatable bonds is 10. The minimum Gasteiger partial charge on any atom is -0.406 e. The molecular formula is C27H34F3N5O. The lowest BCUT2D eigenvalue weighted by atomic mass is 9.86. The third-order valence-corrected chi connectivity index (χ3v) is 6.60. The number of aromatic nitrogens is 2. The fraction of sp³-hybridized carbons (Fsp3) is 0.481. The van der Waals surface area contributed by atoms with E-state index in [0.29, 0.717) is 17.9 Å². The topological polar surface area (TPSA) is 62.3 Å². The average molecular weight is 502 g/mol. The Morgan fingerprint density at radius 1 is 0.972 bits per heavy atom. The summed E-state index contributed by atoms with van der Waals surface area (Å²) < 4.78 is 40.7. The second kappa shape index (κ2) is 11.8. The summed E-state index contributed by atoms with van der Waals surface area (Å²) >= 11 is 0. The van der Waals surface area contributed by atoms with Crippen LogP contribution in [0, 0.1) is 5.92 Å². The number of ether oxygens (including phenoxy) is 1. The lowest BCUT2D eigenvalue weighted by Crippen LogP contribution is -2.32. The first-order valence-corrected chi connectivity index (χ1v) is 12.5. The molecule has 0 spiro atoms. The SMILES string of the molecule is CN(C)c1nc(NC2CCC(CNCCCc3ccc(OC(F)(F)F)cc3)CC2)nc2ccccc12. The Labute approximate surface area is 210 Å². The Balaban J connectivity index is 1.16. The number of anilines is 2. The third-order valence-electron chi connectivity index (χ3n) is 6.60. The van der Waals surface area contributed by atoms with Crippen LogP contribution in [-0.2, 0) is 6.42 Å². The zero-order chi connectivity index (χ0) is 25.5. The lowest BCUT2D eigenvalue weighted by Gasteiger charge is -2.29. The Morgan fingerprint density at radius 2 is 1.69 bits per heavy atom. The maximum absolute atomic E-state index is 12.3. The molecule has 2 N–H and O–H groups in total. The molecule has 1 fully saturated rings. The van der Waals surface area contributed by atoms with E-state index in [0.717, 1.165) is 73.9 Å². The smallest absolute Gasteiger partial charge is 0.406 e. The highest BCUT2D eigenvalue weighted by atomic mass is 19.4. The lowest BCUT2D eigenvalue weighted by molar-refractivity contribution is -0.274. The van der Waals surface area contributed by atoms with Gasteiger partial charge in [0, 0.05) is 25.5 Å². The van der Waals surface area contributed by atoms with Crippen LogP contribution in [0.15, 0.2) is 48.5 Å². The molecule has 1 aliphatic carbocycles. The molecule has 4 rings (SSSR count). The van der Waals surface area contributed by atoms with Gasteiger partial charge in [-0.1, -0.05) is 24.3 Å². The maximum atomic E-state index is 12.3. The number of fused-ring (bicyclic) bond motifs is 1. The molecule has 0 unspecified atom stereocenters. The molecule has 1 saturated carbocycles. The van der Waals surface area contributed by atoms with Crippen LogP contribution < -0.4 is 20.3 Å². The highest BCUT2D eigenvalue weighted by molar-refractivity contribution is 5.90. The van der Waals surface area contributed by atoms with Crippen molar-refractivity contribution < 1.29 is 17.9 Å². The molecule has 3 aromatic rings. The van der Waals surface area contributed by atoms with E-state index >= 15 is 0 Å². The van der Waals surface area contributed by atoms with Gasteiger partial charge in [-0.3, -0.25) is 0 Å². The molecule has 194 valence electrons. The van der Waals surface area contributed by atoms with E-state index in [1.807, 2.05) is 37.2 Å². The van der Waals surface area contributed by atoms with Gasteiger partial charge < -0.3 is 20.3 Å². The molecule has 2 aromatic carbocycles. The number of benzene rings is 2. The molecule has 1 aliphatic rings. The van der Waals surface area contributed by atoms with E-state index in [9.17, 15) is 13.2 Å². The number of alkyl halides is 3. The molecule has 1 aromatic heterocycles. The van der Waals surface area contributed by atoms with Gasteiger partial charge in [0.25, 0.3) is 0 Å². The van der Waals surface area contributed by atoms with E-state index in [2.05, 4.69) is 21.4 Å². The van der Waals surface area contributed by atoms with E-state index < -0.39 is 6.36 Å². The highest BCUT2D eigenvalue weighted by Gasteiger charge is 2.31. The van der Waals surface area contributed by atoms with Crippen molar-refractivity contribution in [1.82, 2.24) is 15.3 Å². The van der Waals surface area contributed by atoms with Crippen LogP contribution in [0.5, 0.6) is 5.75 Å². The minimum atomic E-state index is -4.65. The molecule has 0 radical (unpaired) electrons. The van der Waals surface area contributed by atoms with Crippen molar-refractivity contribution in [3.05, 3.63) is 54.1 Å². The Morgan fingerprint density at radius 3 is 2.39 bits per heavy atom. The van der Waals surface area contributed by atoms with Crippen molar-refractivity contribution in [2.75, 3.05) is 37.4 Å². The molecular weight excluding hydrogens is 467 g/mol. The molecule has 0 atom stereocenters. The van der Waals surface area contributed by atoms with Crippen LogP contribution in [0.4, 0.5) is 24.9 Å². The summed E-state index contributed by atoms with van der Waals surface area (Å²) in [6.07, 6.45) is 1.58. The molecule has 9 heteroatoms. The predicted molar refractivity (Wildman–Crippen MR) is 138 cm³/mol. The van der Waals surface area contributed by atoms with Crippen molar-refractivity contribution in [1.29, 1.82) is 0 Å². The first-order valence-electron chi connectivity index (χ1n) is 12.5.